The lowest BCUT2D eigenvalue weighted by Gasteiger charge is -2.23. The topological polar surface area (TPSA) is 73.1 Å². The third-order valence-corrected chi connectivity index (χ3v) is 3.73. The van der Waals surface area contributed by atoms with Crippen molar-refractivity contribution in [1.82, 2.24) is 24.4 Å². The van der Waals surface area contributed by atoms with Gasteiger partial charge in [-0.25, -0.2) is 15.0 Å². The van der Waals surface area contributed by atoms with Gasteiger partial charge in [0.05, 0.1) is 25.2 Å². The molecule has 0 bridgehead atoms. The van der Waals surface area contributed by atoms with E-state index in [0.717, 1.165) is 12.2 Å². The van der Waals surface area contributed by atoms with Crippen LogP contribution in [-0.4, -0.2) is 50.1 Å². The van der Waals surface area contributed by atoms with Crippen LogP contribution in [0.1, 0.15) is 23.1 Å². The highest BCUT2D eigenvalue weighted by Crippen LogP contribution is 2.18. The molecule has 0 N–H and O–H groups in total. The van der Waals surface area contributed by atoms with Crippen LogP contribution >= 0.6 is 0 Å². The van der Waals surface area contributed by atoms with Gasteiger partial charge in [0.2, 0.25) is 0 Å². The van der Waals surface area contributed by atoms with Gasteiger partial charge in [-0.15, -0.1) is 0 Å². The van der Waals surface area contributed by atoms with Crippen molar-refractivity contribution >= 4 is 5.91 Å². The number of nitrogens with zero attached hydrogens (tertiary/aromatic N) is 5. The van der Waals surface area contributed by atoms with Crippen LogP contribution in [0.25, 0.3) is 0 Å². The van der Waals surface area contributed by atoms with Crippen molar-refractivity contribution in [2.75, 3.05) is 19.8 Å². The van der Waals surface area contributed by atoms with Gasteiger partial charge in [0.25, 0.3) is 5.91 Å². The number of hydrogen-bond donors (Lipinski definition) is 0. The Bertz CT molecular complexity index is 628. The minimum Gasteiger partial charge on any atom is -0.381 e. The minimum absolute atomic E-state index is 0.0847. The zero-order valence-electron chi connectivity index (χ0n) is 12.6. The van der Waals surface area contributed by atoms with Crippen LogP contribution in [0, 0.1) is 5.92 Å². The highest BCUT2D eigenvalue weighted by atomic mass is 16.5. The molecular formula is C15H19N5O2. The number of hydrogen-bond acceptors (Lipinski definition) is 5. The Morgan fingerprint density at radius 3 is 3.09 bits per heavy atom. The molecule has 1 aliphatic rings. The smallest absolute Gasteiger partial charge is 0.272 e. The van der Waals surface area contributed by atoms with E-state index in [4.69, 9.17) is 4.74 Å². The quantitative estimate of drug-likeness (QED) is 0.841. The fourth-order valence-corrected chi connectivity index (χ4v) is 2.68. The molecule has 3 heterocycles. The first-order chi connectivity index (χ1) is 10.8. The van der Waals surface area contributed by atoms with E-state index in [1.54, 1.807) is 12.3 Å². The molecule has 1 amide bonds. The first-order valence-corrected chi connectivity index (χ1v) is 7.40. The number of carbonyl (C=O) groups excluding carboxylic acids is 1. The third-order valence-electron chi connectivity index (χ3n) is 3.73. The molecule has 1 aliphatic heterocycles. The zero-order valence-corrected chi connectivity index (χ0v) is 12.6. The van der Waals surface area contributed by atoms with Crippen LogP contribution in [0.5, 0.6) is 0 Å². The maximum atomic E-state index is 12.7. The van der Waals surface area contributed by atoms with Gasteiger partial charge < -0.3 is 14.2 Å². The Hall–Kier alpha value is -2.28. The van der Waals surface area contributed by atoms with E-state index in [1.807, 2.05) is 24.3 Å². The lowest BCUT2D eigenvalue weighted by molar-refractivity contribution is 0.0614. The minimum atomic E-state index is -0.0847. The average molecular weight is 301 g/mol. The molecule has 1 atom stereocenters. The lowest BCUT2D eigenvalue weighted by atomic mass is 10.1. The fraction of sp³-hybridized carbons (Fsp3) is 0.467. The standard InChI is InChI=1S/C15H19N5O2/c1-2-22-9-12-6-19(8-13-5-17-11-20(13)7-12)15(21)14-3-4-16-10-18-14/h3-5,10-12H,2,6-9H2,1H3/t12-/m1/s1. The molecule has 116 valence electrons. The first kappa shape index (κ1) is 14.6. The monoisotopic (exact) mass is 301 g/mol. The molecule has 0 fully saturated rings. The number of fused-ring (bicyclic) bond motifs is 1. The number of ether oxygens (including phenoxy) is 1. The van der Waals surface area contributed by atoms with Crippen molar-refractivity contribution < 1.29 is 9.53 Å². The molecule has 0 spiro atoms. The summed E-state index contributed by atoms with van der Waals surface area (Å²) in [5.74, 6) is 0.153. The van der Waals surface area contributed by atoms with E-state index < -0.39 is 0 Å². The predicted octanol–water partition coefficient (Wildman–Crippen LogP) is 0.982. The van der Waals surface area contributed by atoms with Crippen LogP contribution in [0.4, 0.5) is 0 Å². The molecular weight excluding hydrogens is 282 g/mol. The molecule has 0 aromatic carbocycles. The molecule has 7 heteroatoms. The molecule has 3 rings (SSSR count). The number of aromatic nitrogens is 4. The van der Waals surface area contributed by atoms with Crippen molar-refractivity contribution in [3.8, 4) is 0 Å². The fourth-order valence-electron chi connectivity index (χ4n) is 2.68. The number of imidazole rings is 1. The maximum absolute atomic E-state index is 12.7. The molecule has 22 heavy (non-hydrogen) atoms. The van der Waals surface area contributed by atoms with E-state index in [9.17, 15) is 4.79 Å². The van der Waals surface area contributed by atoms with Crippen molar-refractivity contribution in [2.24, 2.45) is 5.92 Å². The van der Waals surface area contributed by atoms with Crippen LogP contribution in [-0.2, 0) is 17.8 Å². The highest BCUT2D eigenvalue weighted by molar-refractivity contribution is 5.92. The Morgan fingerprint density at radius 1 is 1.41 bits per heavy atom. The van der Waals surface area contributed by atoms with Crippen LogP contribution < -0.4 is 0 Å². The lowest BCUT2D eigenvalue weighted by Crippen LogP contribution is -2.35. The van der Waals surface area contributed by atoms with Crippen molar-refractivity contribution in [3.05, 3.63) is 42.5 Å². The van der Waals surface area contributed by atoms with Gasteiger partial charge in [-0.1, -0.05) is 0 Å². The Kier molecular flexibility index (Phi) is 4.43. The van der Waals surface area contributed by atoms with Gasteiger partial charge in [0, 0.05) is 38.0 Å². The van der Waals surface area contributed by atoms with Gasteiger partial charge in [-0.05, 0) is 13.0 Å². The van der Waals surface area contributed by atoms with Crippen LogP contribution in [0.15, 0.2) is 31.1 Å². The highest BCUT2D eigenvalue weighted by Gasteiger charge is 2.26. The van der Waals surface area contributed by atoms with Crippen molar-refractivity contribution in [1.29, 1.82) is 0 Å². The molecule has 0 radical (unpaired) electrons. The molecule has 0 saturated carbocycles. The van der Waals surface area contributed by atoms with E-state index in [-0.39, 0.29) is 11.8 Å². The van der Waals surface area contributed by atoms with E-state index >= 15 is 0 Å². The summed E-state index contributed by atoms with van der Waals surface area (Å²) < 4.78 is 7.65. The Balaban J connectivity index is 1.82. The van der Waals surface area contributed by atoms with Gasteiger partial charge in [-0.2, -0.15) is 0 Å². The van der Waals surface area contributed by atoms with Crippen molar-refractivity contribution in [2.45, 2.75) is 20.0 Å². The second kappa shape index (κ2) is 6.65. The predicted molar refractivity (Wildman–Crippen MR) is 79.0 cm³/mol. The second-order valence-corrected chi connectivity index (χ2v) is 5.34. The molecule has 0 aliphatic carbocycles. The summed E-state index contributed by atoms with van der Waals surface area (Å²) in [5, 5.41) is 0. The van der Waals surface area contributed by atoms with Crippen LogP contribution in [0.2, 0.25) is 0 Å². The normalized spacial score (nSPS) is 17.9. The molecule has 0 saturated heterocycles. The van der Waals surface area contributed by atoms with Crippen molar-refractivity contribution in [3.63, 3.8) is 0 Å². The van der Waals surface area contributed by atoms with E-state index in [0.29, 0.717) is 32.0 Å². The SMILES string of the molecule is CCOC[C@@H]1CN(C(=O)c2ccncn2)Cc2cncn2C1. The van der Waals surface area contributed by atoms with Gasteiger partial charge >= 0.3 is 0 Å². The molecule has 2 aromatic heterocycles. The summed E-state index contributed by atoms with van der Waals surface area (Å²) in [6, 6.07) is 1.64. The summed E-state index contributed by atoms with van der Waals surface area (Å²) in [6.07, 6.45) is 6.60. The summed E-state index contributed by atoms with van der Waals surface area (Å²) >= 11 is 0. The van der Waals surface area contributed by atoms with Gasteiger partial charge in [0.15, 0.2) is 0 Å². The number of carbonyl (C=O) groups is 1. The van der Waals surface area contributed by atoms with Crippen LogP contribution in [0.3, 0.4) is 0 Å². The summed E-state index contributed by atoms with van der Waals surface area (Å²) in [7, 11) is 0. The number of amides is 1. The molecule has 7 nitrogen and oxygen atoms in total. The number of rotatable bonds is 4. The summed E-state index contributed by atoms with van der Waals surface area (Å²) in [5.41, 5.74) is 1.44. The van der Waals surface area contributed by atoms with E-state index in [1.165, 1.54) is 6.33 Å². The average Bonchev–Trinajstić information content (AvgIpc) is 2.91. The Morgan fingerprint density at radius 2 is 2.32 bits per heavy atom. The first-order valence-electron chi connectivity index (χ1n) is 7.40. The Labute approximate surface area is 129 Å². The second-order valence-electron chi connectivity index (χ2n) is 5.34. The maximum Gasteiger partial charge on any atom is 0.272 e. The van der Waals surface area contributed by atoms with E-state index in [2.05, 4.69) is 19.5 Å². The summed E-state index contributed by atoms with van der Waals surface area (Å²) in [4.78, 5) is 26.6. The van der Waals surface area contributed by atoms with Gasteiger partial charge in [0.1, 0.15) is 12.0 Å². The summed E-state index contributed by atoms with van der Waals surface area (Å²) in [6.45, 7) is 5.26. The molecule has 0 unspecified atom stereocenters. The largest absolute Gasteiger partial charge is 0.381 e. The zero-order chi connectivity index (χ0) is 15.4. The third kappa shape index (κ3) is 3.14. The molecule has 2 aromatic rings. The van der Waals surface area contributed by atoms with Gasteiger partial charge in [-0.3, -0.25) is 4.79 Å².